The number of nitrogens with one attached hydrogen (secondary N) is 1. The van der Waals surface area contributed by atoms with E-state index in [0.717, 1.165) is 0 Å². The van der Waals surface area contributed by atoms with E-state index in [1.807, 2.05) is 24.3 Å². The number of amides is 1. The van der Waals surface area contributed by atoms with Crippen LogP contribution in [0.4, 0.5) is 4.79 Å². The van der Waals surface area contributed by atoms with Gasteiger partial charge < -0.3 is 52.4 Å². The van der Waals surface area contributed by atoms with Crippen molar-refractivity contribution in [1.29, 1.82) is 0 Å². The Morgan fingerprint density at radius 1 is 0.558 bits per heavy atom. The highest BCUT2D eigenvalue weighted by molar-refractivity contribution is 6.74. The Labute approximate surface area is 312 Å². The van der Waals surface area contributed by atoms with Crippen LogP contribution in [0.1, 0.15) is 37.8 Å². The Morgan fingerprint density at radius 2 is 0.904 bits per heavy atom. The molecule has 0 unspecified atom stereocenters. The van der Waals surface area contributed by atoms with Gasteiger partial charge in [-0.1, -0.05) is 69.3 Å². The molecular weight excluding hydrogens is 687 g/mol. The van der Waals surface area contributed by atoms with Crippen molar-refractivity contribution in [2.24, 2.45) is 0 Å². The van der Waals surface area contributed by atoms with Crippen LogP contribution in [-0.4, -0.2) is 140 Å². The van der Waals surface area contributed by atoms with Gasteiger partial charge in [-0.3, -0.25) is 0 Å². The molecule has 2 aromatic rings. The first-order valence-electron chi connectivity index (χ1n) is 18.6. The second-order valence-electron chi connectivity index (χ2n) is 13.8. The number of rotatable bonds is 30. The van der Waals surface area contributed by atoms with Crippen LogP contribution in [0.2, 0.25) is 18.1 Å². The van der Waals surface area contributed by atoms with Gasteiger partial charge in [-0.05, 0) is 40.4 Å². The predicted octanol–water partition coefficient (Wildman–Crippen LogP) is 5.68. The summed E-state index contributed by atoms with van der Waals surface area (Å²) in [6.07, 6.45) is -0.449. The van der Waals surface area contributed by atoms with Crippen LogP contribution in [0.3, 0.4) is 0 Å². The summed E-state index contributed by atoms with van der Waals surface area (Å²) in [5, 5.41) is 2.96. The van der Waals surface area contributed by atoms with E-state index >= 15 is 0 Å². The summed E-state index contributed by atoms with van der Waals surface area (Å²) < 4.78 is 55.8. The van der Waals surface area contributed by atoms with Gasteiger partial charge in [-0.15, -0.1) is 0 Å². The van der Waals surface area contributed by atoms with Crippen molar-refractivity contribution in [3.63, 3.8) is 0 Å². The van der Waals surface area contributed by atoms with Crippen LogP contribution >= 0.6 is 0 Å². The lowest BCUT2D eigenvalue weighted by Gasteiger charge is -2.36. The molecule has 0 saturated carbocycles. The number of carbonyl (C=O) groups excluding carboxylic acids is 1. The lowest BCUT2D eigenvalue weighted by atomic mass is 9.98. The standard InChI is InChI=1S/C39H63NO11Si/c1-39(2,3)52(4,5)51-31-30-49-29-28-48-27-26-47-25-24-46-23-22-45-21-20-44-19-18-43-17-16-42-15-14-40-38(41)50-32-37-35-12-8-6-10-33(35)34-11-7-9-13-36(34)37/h6-13,37H,14-32H2,1-5H3,(H,40,41). The Hall–Kier alpha value is -2.43. The van der Waals surface area contributed by atoms with Crippen molar-refractivity contribution in [3.8, 4) is 11.1 Å². The minimum absolute atomic E-state index is 0.0397. The summed E-state index contributed by atoms with van der Waals surface area (Å²) in [4.78, 5) is 12.2. The fraction of sp³-hybridized carbons (Fsp3) is 0.667. The smallest absolute Gasteiger partial charge is 0.407 e. The molecule has 0 aromatic heterocycles. The van der Waals surface area contributed by atoms with E-state index in [-0.39, 0.29) is 17.6 Å². The molecule has 0 radical (unpaired) electrons. The van der Waals surface area contributed by atoms with E-state index in [9.17, 15) is 4.79 Å². The quantitative estimate of drug-likeness (QED) is 0.0785. The van der Waals surface area contributed by atoms with Gasteiger partial charge in [0.05, 0.1) is 112 Å². The second kappa shape index (κ2) is 25.6. The first-order chi connectivity index (χ1) is 25.2. The summed E-state index contributed by atoms with van der Waals surface area (Å²) in [5.74, 6) is 0.0397. The highest BCUT2D eigenvalue weighted by Gasteiger charge is 2.36. The molecule has 1 amide bonds. The lowest BCUT2D eigenvalue weighted by Crippen LogP contribution is -2.41. The molecule has 294 valence electrons. The monoisotopic (exact) mass is 749 g/mol. The zero-order chi connectivity index (χ0) is 37.3. The average Bonchev–Trinajstić information content (AvgIpc) is 3.44. The van der Waals surface area contributed by atoms with Gasteiger partial charge in [0.15, 0.2) is 8.32 Å². The van der Waals surface area contributed by atoms with Crippen LogP contribution in [-0.2, 0) is 47.1 Å². The minimum Gasteiger partial charge on any atom is -0.449 e. The zero-order valence-electron chi connectivity index (χ0n) is 32.1. The maximum atomic E-state index is 12.2. The molecule has 0 spiro atoms. The predicted molar refractivity (Wildman–Crippen MR) is 203 cm³/mol. The molecule has 1 aliphatic rings. The van der Waals surface area contributed by atoms with Crippen LogP contribution in [0.15, 0.2) is 48.5 Å². The zero-order valence-corrected chi connectivity index (χ0v) is 33.1. The topological polar surface area (TPSA) is 121 Å². The van der Waals surface area contributed by atoms with Gasteiger partial charge in [0, 0.05) is 12.5 Å². The third-order valence-corrected chi connectivity index (χ3v) is 13.5. The number of hydrogen-bond donors (Lipinski definition) is 1. The Balaban J connectivity index is 0.980. The maximum absolute atomic E-state index is 12.2. The van der Waals surface area contributed by atoms with E-state index in [1.54, 1.807) is 0 Å². The molecule has 1 N–H and O–H groups in total. The van der Waals surface area contributed by atoms with E-state index in [4.69, 9.17) is 47.1 Å². The highest BCUT2D eigenvalue weighted by Crippen LogP contribution is 2.44. The van der Waals surface area contributed by atoms with Gasteiger partial charge in [0.2, 0.25) is 0 Å². The first kappa shape index (κ1) is 44.0. The number of benzene rings is 2. The molecule has 0 fully saturated rings. The van der Waals surface area contributed by atoms with Crippen molar-refractivity contribution >= 4 is 14.4 Å². The average molecular weight is 750 g/mol. The normalized spacial score (nSPS) is 12.9. The Morgan fingerprint density at radius 3 is 1.29 bits per heavy atom. The number of hydrogen-bond acceptors (Lipinski definition) is 11. The summed E-state index contributed by atoms with van der Waals surface area (Å²) in [6, 6.07) is 16.5. The van der Waals surface area contributed by atoms with E-state index in [1.165, 1.54) is 22.3 Å². The van der Waals surface area contributed by atoms with Gasteiger partial charge in [0.1, 0.15) is 6.61 Å². The maximum Gasteiger partial charge on any atom is 0.407 e. The Bertz CT molecular complexity index is 1200. The fourth-order valence-electron chi connectivity index (χ4n) is 5.09. The summed E-state index contributed by atoms with van der Waals surface area (Å²) >= 11 is 0. The first-order valence-corrected chi connectivity index (χ1v) is 21.5. The largest absolute Gasteiger partial charge is 0.449 e. The van der Waals surface area contributed by atoms with Crippen LogP contribution in [0.25, 0.3) is 11.1 Å². The lowest BCUT2D eigenvalue weighted by molar-refractivity contribution is -0.0236. The third-order valence-electron chi connectivity index (χ3n) is 8.96. The van der Waals surface area contributed by atoms with Gasteiger partial charge >= 0.3 is 6.09 Å². The second-order valence-corrected chi connectivity index (χ2v) is 18.6. The van der Waals surface area contributed by atoms with Crippen molar-refractivity contribution < 1.29 is 51.9 Å². The molecule has 0 atom stereocenters. The van der Waals surface area contributed by atoms with Crippen molar-refractivity contribution in [3.05, 3.63) is 59.7 Å². The molecule has 0 saturated heterocycles. The third kappa shape index (κ3) is 17.1. The van der Waals surface area contributed by atoms with Gasteiger partial charge in [-0.2, -0.15) is 0 Å². The molecule has 2 aromatic carbocycles. The molecule has 52 heavy (non-hydrogen) atoms. The number of fused-ring (bicyclic) bond motifs is 3. The molecule has 13 heteroatoms. The van der Waals surface area contributed by atoms with Crippen LogP contribution in [0.5, 0.6) is 0 Å². The fourth-order valence-corrected chi connectivity index (χ4v) is 6.12. The molecule has 12 nitrogen and oxygen atoms in total. The van der Waals surface area contributed by atoms with E-state index in [0.29, 0.717) is 119 Å². The van der Waals surface area contributed by atoms with Crippen molar-refractivity contribution in [1.82, 2.24) is 5.32 Å². The van der Waals surface area contributed by atoms with Crippen LogP contribution < -0.4 is 5.32 Å². The summed E-state index contributed by atoms with van der Waals surface area (Å²) in [6.45, 7) is 20.4. The van der Waals surface area contributed by atoms with Gasteiger partial charge in [0.25, 0.3) is 0 Å². The SMILES string of the molecule is CC(C)(C)[Si](C)(C)OCCOCCOCCOCCOCCOCCOCCOCCOCCNC(=O)OCC1c2ccccc2-c2ccccc21. The highest BCUT2D eigenvalue weighted by atomic mass is 28.4. The Kier molecular flexibility index (Phi) is 21.6. The minimum atomic E-state index is -1.71. The van der Waals surface area contributed by atoms with E-state index < -0.39 is 14.4 Å². The summed E-state index contributed by atoms with van der Waals surface area (Å²) in [7, 11) is -1.71. The van der Waals surface area contributed by atoms with Crippen LogP contribution in [0, 0.1) is 0 Å². The molecule has 1 aliphatic carbocycles. The van der Waals surface area contributed by atoms with Crippen molar-refractivity contribution in [2.45, 2.75) is 44.8 Å². The number of ether oxygens (including phenoxy) is 9. The van der Waals surface area contributed by atoms with E-state index in [2.05, 4.69) is 63.4 Å². The van der Waals surface area contributed by atoms with Gasteiger partial charge in [-0.25, -0.2) is 4.79 Å². The molecule has 0 bridgehead atoms. The molecule has 0 aliphatic heterocycles. The number of carbonyl (C=O) groups is 1. The molecule has 0 heterocycles. The van der Waals surface area contributed by atoms with Crippen molar-refractivity contribution in [2.75, 3.05) is 125 Å². The number of alkyl carbamates (subject to hydrolysis) is 1. The molecule has 3 rings (SSSR count). The summed E-state index contributed by atoms with van der Waals surface area (Å²) in [5.41, 5.74) is 4.78. The molecular formula is C39H63NO11Si.